The van der Waals surface area contributed by atoms with Gasteiger partial charge in [-0.15, -0.1) is 0 Å². The van der Waals surface area contributed by atoms with Crippen molar-refractivity contribution in [2.45, 2.75) is 6.92 Å². The SMILES string of the molecule is Cc1ccc(F)c(Oc2cc3nc[nH]c(=O)c3cc2N)c1. The van der Waals surface area contributed by atoms with Crippen LogP contribution < -0.4 is 16.0 Å². The highest BCUT2D eigenvalue weighted by atomic mass is 19.1. The number of nitrogens with two attached hydrogens (primary N) is 1. The van der Waals surface area contributed by atoms with Gasteiger partial charge in [0.15, 0.2) is 17.3 Å². The predicted octanol–water partition coefficient (Wildman–Crippen LogP) is 2.75. The number of H-pyrrole nitrogens is 1. The zero-order valence-electron chi connectivity index (χ0n) is 11.2. The van der Waals surface area contributed by atoms with E-state index in [0.29, 0.717) is 10.9 Å². The van der Waals surface area contributed by atoms with Gasteiger partial charge < -0.3 is 15.5 Å². The van der Waals surface area contributed by atoms with Gasteiger partial charge in [0.2, 0.25) is 0 Å². The predicted molar refractivity (Wildman–Crippen MR) is 78.0 cm³/mol. The van der Waals surface area contributed by atoms with E-state index in [2.05, 4.69) is 9.97 Å². The highest BCUT2D eigenvalue weighted by Crippen LogP contribution is 2.31. The zero-order chi connectivity index (χ0) is 15.0. The third-order valence-corrected chi connectivity index (χ3v) is 3.08. The number of ether oxygens (including phenoxy) is 1. The number of rotatable bonds is 2. The molecule has 0 aliphatic rings. The van der Waals surface area contributed by atoms with Crippen LogP contribution in [0.1, 0.15) is 5.56 Å². The summed E-state index contributed by atoms with van der Waals surface area (Å²) in [4.78, 5) is 18.2. The summed E-state index contributed by atoms with van der Waals surface area (Å²) >= 11 is 0. The van der Waals surface area contributed by atoms with Crippen LogP contribution in [0.15, 0.2) is 41.5 Å². The van der Waals surface area contributed by atoms with Gasteiger partial charge in [-0.2, -0.15) is 0 Å². The summed E-state index contributed by atoms with van der Waals surface area (Å²) in [7, 11) is 0. The molecule has 106 valence electrons. The Hall–Kier alpha value is -2.89. The standard InChI is InChI=1S/C15H12FN3O2/c1-8-2-3-10(16)13(4-8)21-14-6-12-9(5-11(14)17)15(20)19-7-18-12/h2-7H,17H2,1H3,(H,18,19,20). The van der Waals surface area contributed by atoms with Crippen LogP contribution >= 0.6 is 0 Å². The van der Waals surface area contributed by atoms with E-state index in [9.17, 15) is 9.18 Å². The monoisotopic (exact) mass is 285 g/mol. The summed E-state index contributed by atoms with van der Waals surface area (Å²) in [5.41, 5.74) is 7.10. The lowest BCUT2D eigenvalue weighted by atomic mass is 10.2. The van der Waals surface area contributed by atoms with Gasteiger partial charge in [0.05, 0.1) is 22.9 Å². The maximum Gasteiger partial charge on any atom is 0.258 e. The van der Waals surface area contributed by atoms with Crippen molar-refractivity contribution < 1.29 is 9.13 Å². The summed E-state index contributed by atoms with van der Waals surface area (Å²) in [6.45, 7) is 1.83. The first-order valence-electron chi connectivity index (χ1n) is 6.25. The van der Waals surface area contributed by atoms with Gasteiger partial charge in [-0.25, -0.2) is 9.37 Å². The molecule has 0 unspecified atom stereocenters. The molecule has 0 bridgehead atoms. The van der Waals surface area contributed by atoms with Gasteiger partial charge in [0, 0.05) is 6.07 Å². The molecule has 0 saturated carbocycles. The van der Waals surface area contributed by atoms with E-state index < -0.39 is 5.82 Å². The summed E-state index contributed by atoms with van der Waals surface area (Å²) in [5.74, 6) is -0.157. The maximum absolute atomic E-state index is 13.7. The minimum absolute atomic E-state index is 0.0749. The molecule has 0 aliphatic heterocycles. The first kappa shape index (κ1) is 13.1. The van der Waals surface area contributed by atoms with E-state index in [-0.39, 0.29) is 22.7 Å². The van der Waals surface area contributed by atoms with E-state index in [4.69, 9.17) is 10.5 Å². The molecule has 0 aliphatic carbocycles. The first-order valence-corrected chi connectivity index (χ1v) is 6.25. The van der Waals surface area contributed by atoms with Gasteiger partial charge in [0.1, 0.15) is 0 Å². The smallest absolute Gasteiger partial charge is 0.258 e. The molecule has 0 saturated heterocycles. The van der Waals surface area contributed by atoms with Gasteiger partial charge in [-0.05, 0) is 30.7 Å². The van der Waals surface area contributed by atoms with E-state index in [1.165, 1.54) is 24.5 Å². The van der Waals surface area contributed by atoms with Crippen LogP contribution in [0.2, 0.25) is 0 Å². The van der Waals surface area contributed by atoms with Crippen molar-refractivity contribution in [1.82, 2.24) is 9.97 Å². The summed E-state index contributed by atoms with van der Waals surface area (Å²) in [6, 6.07) is 7.52. The number of nitrogens with one attached hydrogen (secondary N) is 1. The number of hydrogen-bond acceptors (Lipinski definition) is 4. The molecule has 3 N–H and O–H groups in total. The van der Waals surface area contributed by atoms with Crippen molar-refractivity contribution in [3.8, 4) is 11.5 Å². The highest BCUT2D eigenvalue weighted by molar-refractivity contribution is 5.84. The lowest BCUT2D eigenvalue weighted by Gasteiger charge is -2.10. The molecule has 2 aromatic carbocycles. The number of aromatic amines is 1. The molecule has 6 heteroatoms. The van der Waals surface area contributed by atoms with Crippen LogP contribution in [0.25, 0.3) is 10.9 Å². The molecule has 0 radical (unpaired) electrons. The Bertz CT molecular complexity index is 890. The van der Waals surface area contributed by atoms with Gasteiger partial charge in [-0.3, -0.25) is 4.79 Å². The Kier molecular flexibility index (Phi) is 3.06. The number of fused-ring (bicyclic) bond motifs is 1. The molecule has 0 spiro atoms. The zero-order valence-corrected chi connectivity index (χ0v) is 11.2. The fourth-order valence-corrected chi connectivity index (χ4v) is 2.01. The number of aryl methyl sites for hydroxylation is 1. The van der Waals surface area contributed by atoms with Crippen molar-refractivity contribution in [3.05, 3.63) is 58.4 Å². The topological polar surface area (TPSA) is 81.0 Å². The van der Waals surface area contributed by atoms with Crippen molar-refractivity contribution in [3.63, 3.8) is 0 Å². The number of anilines is 1. The fraction of sp³-hybridized carbons (Fsp3) is 0.0667. The van der Waals surface area contributed by atoms with Crippen molar-refractivity contribution in [1.29, 1.82) is 0 Å². The summed E-state index contributed by atoms with van der Waals surface area (Å²) in [6.07, 6.45) is 1.29. The average molecular weight is 285 g/mol. The third-order valence-electron chi connectivity index (χ3n) is 3.08. The van der Waals surface area contributed by atoms with Crippen LogP contribution in [0.5, 0.6) is 11.5 Å². The lowest BCUT2D eigenvalue weighted by molar-refractivity contribution is 0.444. The van der Waals surface area contributed by atoms with Crippen molar-refractivity contribution >= 4 is 16.6 Å². The molecule has 1 heterocycles. The van der Waals surface area contributed by atoms with Crippen LogP contribution in [0.3, 0.4) is 0 Å². The van der Waals surface area contributed by atoms with Gasteiger partial charge in [-0.1, -0.05) is 6.07 Å². The normalized spacial score (nSPS) is 10.8. The fourth-order valence-electron chi connectivity index (χ4n) is 2.01. The summed E-state index contributed by atoms with van der Waals surface area (Å²) in [5, 5.41) is 0.354. The Balaban J connectivity index is 2.10. The molecule has 0 atom stereocenters. The molecule has 3 rings (SSSR count). The minimum atomic E-state index is -0.487. The molecule has 0 fully saturated rings. The largest absolute Gasteiger partial charge is 0.452 e. The molecule has 3 aromatic rings. The Morgan fingerprint density at radius 3 is 2.86 bits per heavy atom. The Morgan fingerprint density at radius 2 is 2.05 bits per heavy atom. The van der Waals surface area contributed by atoms with Crippen LogP contribution in [-0.4, -0.2) is 9.97 Å². The molecule has 1 aromatic heterocycles. The Morgan fingerprint density at radius 1 is 1.24 bits per heavy atom. The second-order valence-electron chi connectivity index (χ2n) is 4.67. The van der Waals surface area contributed by atoms with E-state index in [1.54, 1.807) is 12.1 Å². The average Bonchev–Trinajstić information content (AvgIpc) is 2.45. The first-order chi connectivity index (χ1) is 10.0. The molecular weight excluding hydrogens is 273 g/mol. The number of nitrogens with zero attached hydrogens (tertiary/aromatic N) is 1. The van der Waals surface area contributed by atoms with Crippen molar-refractivity contribution in [2.24, 2.45) is 0 Å². The van der Waals surface area contributed by atoms with E-state index in [0.717, 1.165) is 5.56 Å². The summed E-state index contributed by atoms with van der Waals surface area (Å²) < 4.78 is 19.2. The highest BCUT2D eigenvalue weighted by Gasteiger charge is 2.10. The number of hydrogen-bond donors (Lipinski definition) is 2. The number of nitrogen functional groups attached to an aromatic ring is 1. The van der Waals surface area contributed by atoms with Crippen molar-refractivity contribution in [2.75, 3.05) is 5.73 Å². The quantitative estimate of drug-likeness (QED) is 0.709. The number of aromatic nitrogens is 2. The Labute approximate surface area is 119 Å². The second kappa shape index (κ2) is 4.90. The molecule has 21 heavy (non-hydrogen) atoms. The second-order valence-corrected chi connectivity index (χ2v) is 4.67. The van der Waals surface area contributed by atoms with Crippen LogP contribution in [0.4, 0.5) is 10.1 Å². The number of benzene rings is 2. The van der Waals surface area contributed by atoms with Crippen LogP contribution in [-0.2, 0) is 0 Å². The lowest BCUT2D eigenvalue weighted by Crippen LogP contribution is -2.07. The minimum Gasteiger partial charge on any atom is -0.452 e. The van der Waals surface area contributed by atoms with Crippen LogP contribution in [0, 0.1) is 12.7 Å². The van der Waals surface area contributed by atoms with E-state index >= 15 is 0 Å². The maximum atomic E-state index is 13.7. The van der Waals surface area contributed by atoms with E-state index in [1.807, 2.05) is 6.92 Å². The molecule has 5 nitrogen and oxygen atoms in total. The molecular formula is C15H12FN3O2. The van der Waals surface area contributed by atoms with Gasteiger partial charge >= 0.3 is 0 Å². The third kappa shape index (κ3) is 2.43. The molecule has 0 amide bonds. The number of halogens is 1. The van der Waals surface area contributed by atoms with Gasteiger partial charge in [0.25, 0.3) is 5.56 Å².